The highest BCUT2D eigenvalue weighted by molar-refractivity contribution is 6.12. The lowest BCUT2D eigenvalue weighted by molar-refractivity contribution is -0.134. The van der Waals surface area contributed by atoms with E-state index >= 15 is 0 Å². The second kappa shape index (κ2) is 12.4. The number of carbonyl (C=O) groups is 2. The van der Waals surface area contributed by atoms with E-state index in [-0.39, 0.29) is 5.54 Å². The van der Waals surface area contributed by atoms with Crippen LogP contribution in [-0.4, -0.2) is 40.0 Å². The summed E-state index contributed by atoms with van der Waals surface area (Å²) in [6.45, 7) is 7.35. The van der Waals surface area contributed by atoms with Crippen molar-refractivity contribution in [3.05, 3.63) is 83.4 Å². The molecule has 174 valence electrons. The topological polar surface area (TPSA) is 96.2 Å². The Hall–Kier alpha value is -3.67. The first-order valence-electron chi connectivity index (χ1n) is 10.9. The minimum absolute atomic E-state index is 0.0919. The van der Waals surface area contributed by atoms with Gasteiger partial charge in [-0.2, -0.15) is 0 Å². The zero-order chi connectivity index (χ0) is 24.3. The van der Waals surface area contributed by atoms with Gasteiger partial charge in [0.2, 0.25) is 0 Å². The number of unbranched alkanes of at least 4 members (excludes halogenated alkanes) is 1. The number of rotatable bonds is 8. The van der Waals surface area contributed by atoms with Crippen molar-refractivity contribution in [3.8, 4) is 5.75 Å². The number of allylic oxidation sites excluding steroid dienone is 1. The average Bonchev–Trinajstić information content (AvgIpc) is 2.76. The molecule has 2 aromatic rings. The first-order chi connectivity index (χ1) is 15.7. The zero-order valence-corrected chi connectivity index (χ0v) is 19.3. The first-order valence-corrected chi connectivity index (χ1v) is 10.9. The van der Waals surface area contributed by atoms with Crippen LogP contribution in [0, 0.1) is 0 Å². The van der Waals surface area contributed by atoms with Crippen LogP contribution in [0.5, 0.6) is 5.75 Å². The molecule has 0 saturated carbocycles. The van der Waals surface area contributed by atoms with Crippen molar-refractivity contribution in [3.63, 3.8) is 0 Å². The van der Waals surface area contributed by atoms with Crippen LogP contribution >= 0.6 is 0 Å². The normalized spacial score (nSPS) is 14.2. The van der Waals surface area contributed by atoms with E-state index in [1.165, 1.54) is 16.7 Å². The molecule has 3 rings (SSSR count). The third kappa shape index (κ3) is 9.15. The van der Waals surface area contributed by atoms with Crippen LogP contribution in [0.4, 0.5) is 0 Å². The first kappa shape index (κ1) is 25.6. The Morgan fingerprint density at radius 2 is 1.70 bits per heavy atom. The van der Waals surface area contributed by atoms with Crippen molar-refractivity contribution in [2.45, 2.75) is 45.6 Å². The molecule has 33 heavy (non-hydrogen) atoms. The van der Waals surface area contributed by atoms with Crippen LogP contribution in [0.2, 0.25) is 0 Å². The van der Waals surface area contributed by atoms with Crippen LogP contribution in [0.25, 0.3) is 6.08 Å². The highest BCUT2D eigenvalue weighted by Crippen LogP contribution is 2.30. The molecule has 0 radical (unpaired) electrons. The molecule has 6 heteroatoms. The molecule has 0 saturated heterocycles. The second-order valence-corrected chi connectivity index (χ2v) is 8.26. The number of aliphatic carboxylic acids is 2. The maximum atomic E-state index is 9.55. The minimum Gasteiger partial charge on any atom is -0.494 e. The largest absolute Gasteiger partial charge is 0.494 e. The van der Waals surface area contributed by atoms with Gasteiger partial charge in [0.15, 0.2) is 0 Å². The lowest BCUT2D eigenvalue weighted by Crippen LogP contribution is -2.28. The van der Waals surface area contributed by atoms with Crippen molar-refractivity contribution in [2.24, 2.45) is 4.99 Å². The molecular formula is C27H31NO5. The molecule has 0 aliphatic carbocycles. The molecule has 0 aromatic heterocycles. The predicted molar refractivity (Wildman–Crippen MR) is 131 cm³/mol. The summed E-state index contributed by atoms with van der Waals surface area (Å²) in [4.78, 5) is 24.1. The van der Waals surface area contributed by atoms with E-state index < -0.39 is 11.9 Å². The van der Waals surface area contributed by atoms with Crippen molar-refractivity contribution in [1.29, 1.82) is 0 Å². The Morgan fingerprint density at radius 1 is 1.03 bits per heavy atom. The molecule has 1 aliphatic heterocycles. The van der Waals surface area contributed by atoms with Crippen molar-refractivity contribution >= 4 is 23.7 Å². The minimum atomic E-state index is -1.26. The number of hydrogen-bond donors (Lipinski definition) is 2. The van der Waals surface area contributed by atoms with Crippen molar-refractivity contribution in [1.82, 2.24) is 0 Å². The summed E-state index contributed by atoms with van der Waals surface area (Å²) >= 11 is 0. The number of carboxylic acids is 2. The molecule has 6 nitrogen and oxygen atoms in total. The van der Waals surface area contributed by atoms with Gasteiger partial charge in [0, 0.05) is 17.7 Å². The van der Waals surface area contributed by atoms with Gasteiger partial charge in [0.05, 0.1) is 17.9 Å². The summed E-state index contributed by atoms with van der Waals surface area (Å²) in [6.07, 6.45) is 8.57. The lowest BCUT2D eigenvalue weighted by atomic mass is 9.86. The smallest absolute Gasteiger partial charge is 0.328 e. The Labute approximate surface area is 195 Å². The van der Waals surface area contributed by atoms with Gasteiger partial charge < -0.3 is 14.9 Å². The summed E-state index contributed by atoms with van der Waals surface area (Å²) in [6, 6.07) is 16.8. The van der Waals surface area contributed by atoms with Gasteiger partial charge in [-0.25, -0.2) is 9.59 Å². The van der Waals surface area contributed by atoms with E-state index in [9.17, 15) is 9.59 Å². The number of benzene rings is 2. The summed E-state index contributed by atoms with van der Waals surface area (Å²) in [5, 5.41) is 15.6. The fourth-order valence-corrected chi connectivity index (χ4v) is 3.29. The van der Waals surface area contributed by atoms with Gasteiger partial charge in [-0.1, -0.05) is 49.8 Å². The molecule has 1 heterocycles. The zero-order valence-electron chi connectivity index (χ0n) is 19.3. The van der Waals surface area contributed by atoms with Crippen LogP contribution < -0.4 is 4.74 Å². The Morgan fingerprint density at radius 3 is 2.30 bits per heavy atom. The molecule has 0 fully saturated rings. The number of nitrogens with zero attached hydrogens (tertiary/aromatic N) is 1. The van der Waals surface area contributed by atoms with Gasteiger partial charge >= 0.3 is 11.9 Å². The molecule has 0 bridgehead atoms. The van der Waals surface area contributed by atoms with E-state index in [2.05, 4.69) is 75.4 Å². The Bertz CT molecular complexity index is 1020. The van der Waals surface area contributed by atoms with Gasteiger partial charge in [-0.15, -0.1) is 0 Å². The van der Waals surface area contributed by atoms with E-state index in [0.717, 1.165) is 37.3 Å². The summed E-state index contributed by atoms with van der Waals surface area (Å²) in [5.74, 6) is -1.55. The van der Waals surface area contributed by atoms with Gasteiger partial charge in [-0.3, -0.25) is 4.99 Å². The molecule has 2 N–H and O–H groups in total. The van der Waals surface area contributed by atoms with Crippen LogP contribution in [-0.2, 0) is 16.0 Å². The van der Waals surface area contributed by atoms with E-state index in [0.29, 0.717) is 12.2 Å². The Kier molecular flexibility index (Phi) is 9.61. The highest BCUT2D eigenvalue weighted by Gasteiger charge is 2.26. The molecule has 0 atom stereocenters. The quantitative estimate of drug-likeness (QED) is 0.415. The fraction of sp³-hybridized carbons (Fsp3) is 0.296. The average molecular weight is 450 g/mol. The van der Waals surface area contributed by atoms with Gasteiger partial charge in [0.1, 0.15) is 5.75 Å². The molecule has 0 unspecified atom stereocenters. The van der Waals surface area contributed by atoms with Crippen LogP contribution in [0.15, 0.2) is 71.8 Å². The summed E-state index contributed by atoms with van der Waals surface area (Å²) < 4.78 is 5.89. The molecule has 2 aromatic carbocycles. The van der Waals surface area contributed by atoms with Crippen molar-refractivity contribution in [2.75, 3.05) is 6.61 Å². The van der Waals surface area contributed by atoms with Crippen LogP contribution in [0.3, 0.4) is 0 Å². The monoisotopic (exact) mass is 449 g/mol. The van der Waals surface area contributed by atoms with Crippen molar-refractivity contribution < 1.29 is 24.5 Å². The predicted octanol–water partition coefficient (Wildman–Crippen LogP) is 5.41. The number of carboxylic acid groups (broad SMARTS) is 2. The number of fused-ring (bicyclic) bond motifs is 1. The Balaban J connectivity index is 0.000000414. The maximum Gasteiger partial charge on any atom is 0.328 e. The standard InChI is InChI=1S/C23H27NO.C4H4O4/c1-4-5-15-25-20-12-13-21-19(16-20)17-23(2,3)24-22(21)14-11-18-9-7-6-8-10-18;5-3(6)1-2-4(7)8/h6-14,16H,4-5,15,17H2,1-3H3;1-2H,(H,5,6)(H,7,8)/b14-11+;2-1+. The highest BCUT2D eigenvalue weighted by atomic mass is 16.5. The molecule has 0 amide bonds. The van der Waals surface area contributed by atoms with E-state index in [1.54, 1.807) is 0 Å². The van der Waals surface area contributed by atoms with E-state index in [1.807, 2.05) is 6.07 Å². The van der Waals surface area contributed by atoms with Crippen LogP contribution in [0.1, 0.15) is 50.3 Å². The number of ether oxygens (including phenoxy) is 1. The van der Waals surface area contributed by atoms with E-state index in [4.69, 9.17) is 19.9 Å². The molecular weight excluding hydrogens is 418 g/mol. The second-order valence-electron chi connectivity index (χ2n) is 8.26. The lowest BCUT2D eigenvalue weighted by Gasteiger charge is -2.28. The summed E-state index contributed by atoms with van der Waals surface area (Å²) in [5.41, 5.74) is 4.69. The fourth-order valence-electron chi connectivity index (χ4n) is 3.29. The number of hydrogen-bond acceptors (Lipinski definition) is 4. The third-order valence-corrected chi connectivity index (χ3v) is 4.77. The number of aliphatic imine (C=N–C) groups is 1. The summed E-state index contributed by atoms with van der Waals surface area (Å²) in [7, 11) is 0. The van der Waals surface area contributed by atoms with Gasteiger partial charge in [0.25, 0.3) is 0 Å². The maximum absolute atomic E-state index is 9.55. The molecule has 1 aliphatic rings. The molecule has 0 spiro atoms. The third-order valence-electron chi connectivity index (χ3n) is 4.77. The van der Waals surface area contributed by atoms with Gasteiger partial charge in [-0.05, 0) is 62.1 Å². The SMILES string of the molecule is CCCCOc1ccc2c(c1)CC(C)(C)N=C2/C=C/c1ccccc1.O=C(O)/C=C/C(=O)O.